The van der Waals surface area contributed by atoms with Gasteiger partial charge in [-0.15, -0.1) is 5.10 Å². The van der Waals surface area contributed by atoms with Gasteiger partial charge in [-0.3, -0.25) is 0 Å². The van der Waals surface area contributed by atoms with Crippen LogP contribution >= 0.6 is 0 Å². The Morgan fingerprint density at radius 3 is 2.84 bits per heavy atom. The predicted octanol–water partition coefficient (Wildman–Crippen LogP) is 1.80. The first kappa shape index (κ1) is 14.3. The van der Waals surface area contributed by atoms with E-state index in [1.165, 1.54) is 6.42 Å². The molecule has 0 radical (unpaired) electrons. The Kier molecular flexibility index (Phi) is 4.76. The molecule has 6 nitrogen and oxygen atoms in total. The highest BCUT2D eigenvalue weighted by atomic mass is 16.5. The molecule has 1 aliphatic heterocycles. The highest BCUT2D eigenvalue weighted by Gasteiger charge is 2.15. The molecule has 1 aromatic heterocycles. The third-order valence-electron chi connectivity index (χ3n) is 3.03. The van der Waals surface area contributed by atoms with E-state index >= 15 is 0 Å². The molecule has 108 valence electrons. The minimum Gasteiger partial charge on any atom is -0.407 e. The second-order valence-corrected chi connectivity index (χ2v) is 6.07. The van der Waals surface area contributed by atoms with Gasteiger partial charge >= 0.3 is 6.01 Å². The van der Waals surface area contributed by atoms with E-state index in [4.69, 9.17) is 9.15 Å². The summed E-state index contributed by atoms with van der Waals surface area (Å²) < 4.78 is 11.0. The SMILES string of the molecule is CC(C)(C)NCc1nnc(NCC2CCCOC2)o1. The van der Waals surface area contributed by atoms with Gasteiger partial charge in [0, 0.05) is 18.7 Å². The monoisotopic (exact) mass is 268 g/mol. The van der Waals surface area contributed by atoms with Gasteiger partial charge in [0.2, 0.25) is 5.89 Å². The molecule has 1 unspecified atom stereocenters. The summed E-state index contributed by atoms with van der Waals surface area (Å²) >= 11 is 0. The fourth-order valence-corrected chi connectivity index (χ4v) is 1.94. The Bertz CT molecular complexity index is 380. The first-order valence-corrected chi connectivity index (χ1v) is 6.92. The average Bonchev–Trinajstić information content (AvgIpc) is 2.82. The minimum absolute atomic E-state index is 0.0432. The molecule has 6 heteroatoms. The van der Waals surface area contributed by atoms with Crippen molar-refractivity contribution in [1.29, 1.82) is 0 Å². The van der Waals surface area contributed by atoms with E-state index in [2.05, 4.69) is 41.6 Å². The molecule has 0 spiro atoms. The molecule has 1 aliphatic rings. The van der Waals surface area contributed by atoms with Crippen molar-refractivity contribution in [2.24, 2.45) is 5.92 Å². The molecule has 0 aromatic carbocycles. The molecule has 1 aromatic rings. The number of hydrogen-bond donors (Lipinski definition) is 2. The Labute approximate surface area is 114 Å². The van der Waals surface area contributed by atoms with Crippen molar-refractivity contribution in [3.05, 3.63) is 5.89 Å². The van der Waals surface area contributed by atoms with Crippen LogP contribution in [0, 0.1) is 5.92 Å². The lowest BCUT2D eigenvalue weighted by atomic mass is 10.0. The Morgan fingerprint density at radius 1 is 1.32 bits per heavy atom. The Balaban J connectivity index is 1.74. The van der Waals surface area contributed by atoms with Crippen molar-refractivity contribution in [3.8, 4) is 0 Å². The van der Waals surface area contributed by atoms with Crippen molar-refractivity contribution < 1.29 is 9.15 Å². The number of anilines is 1. The van der Waals surface area contributed by atoms with Crippen LogP contribution in [0.5, 0.6) is 0 Å². The van der Waals surface area contributed by atoms with Gasteiger partial charge in [-0.1, -0.05) is 5.10 Å². The van der Waals surface area contributed by atoms with Crippen molar-refractivity contribution in [1.82, 2.24) is 15.5 Å². The van der Waals surface area contributed by atoms with Crippen molar-refractivity contribution in [2.75, 3.05) is 25.1 Å². The number of aromatic nitrogens is 2. The quantitative estimate of drug-likeness (QED) is 0.848. The molecule has 19 heavy (non-hydrogen) atoms. The van der Waals surface area contributed by atoms with Gasteiger partial charge in [-0.05, 0) is 39.5 Å². The lowest BCUT2D eigenvalue weighted by Crippen LogP contribution is -2.35. The van der Waals surface area contributed by atoms with Gasteiger partial charge < -0.3 is 19.8 Å². The standard InChI is InChI=1S/C13H24N4O2/c1-13(2,3)15-8-11-16-17-12(19-11)14-7-10-5-4-6-18-9-10/h10,15H,4-9H2,1-3H3,(H,14,17). The molecule has 0 saturated carbocycles. The molecule has 2 N–H and O–H groups in total. The maximum atomic E-state index is 5.53. The number of rotatable bonds is 5. The molecule has 1 atom stereocenters. The second kappa shape index (κ2) is 6.34. The van der Waals surface area contributed by atoms with Crippen LogP contribution in [0.3, 0.4) is 0 Å². The zero-order valence-electron chi connectivity index (χ0n) is 12.0. The summed E-state index contributed by atoms with van der Waals surface area (Å²) in [5.41, 5.74) is 0.0432. The van der Waals surface area contributed by atoms with E-state index in [1.54, 1.807) is 0 Å². The highest BCUT2D eigenvalue weighted by molar-refractivity contribution is 5.16. The van der Waals surface area contributed by atoms with E-state index in [9.17, 15) is 0 Å². The van der Waals surface area contributed by atoms with Gasteiger partial charge in [0.25, 0.3) is 0 Å². The third kappa shape index (κ3) is 5.16. The van der Waals surface area contributed by atoms with Crippen LogP contribution < -0.4 is 10.6 Å². The summed E-state index contributed by atoms with van der Waals surface area (Å²) in [6, 6.07) is 0.497. The lowest BCUT2D eigenvalue weighted by Gasteiger charge is -2.21. The molecule has 0 bridgehead atoms. The lowest BCUT2D eigenvalue weighted by molar-refractivity contribution is 0.0593. The fraction of sp³-hybridized carbons (Fsp3) is 0.846. The van der Waals surface area contributed by atoms with Crippen LogP contribution in [0.4, 0.5) is 6.01 Å². The van der Waals surface area contributed by atoms with Gasteiger partial charge in [0.05, 0.1) is 13.2 Å². The second-order valence-electron chi connectivity index (χ2n) is 6.07. The number of hydrogen-bond acceptors (Lipinski definition) is 6. The Hall–Kier alpha value is -1.14. The zero-order chi connectivity index (χ0) is 13.7. The largest absolute Gasteiger partial charge is 0.407 e. The molecular weight excluding hydrogens is 244 g/mol. The van der Waals surface area contributed by atoms with Gasteiger partial charge in [-0.2, -0.15) is 0 Å². The highest BCUT2D eigenvalue weighted by Crippen LogP contribution is 2.15. The summed E-state index contributed by atoms with van der Waals surface area (Å²) in [5.74, 6) is 1.15. The first-order chi connectivity index (χ1) is 9.03. The molecule has 0 amide bonds. The maximum absolute atomic E-state index is 5.53. The van der Waals surface area contributed by atoms with Crippen LogP contribution in [0.2, 0.25) is 0 Å². The summed E-state index contributed by atoms with van der Waals surface area (Å²) in [4.78, 5) is 0. The molecule has 2 heterocycles. The van der Waals surface area contributed by atoms with Gasteiger partial charge in [0.15, 0.2) is 0 Å². The number of nitrogens with one attached hydrogen (secondary N) is 2. The maximum Gasteiger partial charge on any atom is 0.315 e. The van der Waals surface area contributed by atoms with Crippen molar-refractivity contribution >= 4 is 6.01 Å². The summed E-state index contributed by atoms with van der Waals surface area (Å²) in [5, 5.41) is 14.5. The zero-order valence-corrected chi connectivity index (χ0v) is 12.0. The van der Waals surface area contributed by atoms with Crippen molar-refractivity contribution in [2.45, 2.75) is 45.7 Å². The van der Waals surface area contributed by atoms with Gasteiger partial charge in [-0.25, -0.2) is 0 Å². The third-order valence-corrected chi connectivity index (χ3v) is 3.03. The van der Waals surface area contributed by atoms with E-state index in [1.807, 2.05) is 0 Å². The van der Waals surface area contributed by atoms with E-state index in [0.29, 0.717) is 24.4 Å². The predicted molar refractivity (Wildman–Crippen MR) is 72.9 cm³/mol. The summed E-state index contributed by atoms with van der Waals surface area (Å²) in [6.45, 7) is 9.43. The summed E-state index contributed by atoms with van der Waals surface area (Å²) in [7, 11) is 0. The van der Waals surface area contributed by atoms with Crippen LogP contribution in [0.25, 0.3) is 0 Å². The van der Waals surface area contributed by atoms with Crippen LogP contribution in [-0.4, -0.2) is 35.5 Å². The normalized spacial score (nSPS) is 20.5. The molecular formula is C13H24N4O2. The minimum atomic E-state index is 0.0432. The average molecular weight is 268 g/mol. The molecule has 1 fully saturated rings. The van der Waals surface area contributed by atoms with E-state index < -0.39 is 0 Å². The van der Waals surface area contributed by atoms with Crippen LogP contribution in [-0.2, 0) is 11.3 Å². The summed E-state index contributed by atoms with van der Waals surface area (Å²) in [6.07, 6.45) is 2.33. The number of nitrogens with zero attached hydrogens (tertiary/aromatic N) is 2. The smallest absolute Gasteiger partial charge is 0.315 e. The van der Waals surface area contributed by atoms with E-state index in [-0.39, 0.29) is 5.54 Å². The van der Waals surface area contributed by atoms with Crippen molar-refractivity contribution in [3.63, 3.8) is 0 Å². The van der Waals surface area contributed by atoms with Gasteiger partial charge in [0.1, 0.15) is 0 Å². The fourth-order valence-electron chi connectivity index (χ4n) is 1.94. The Morgan fingerprint density at radius 2 is 2.16 bits per heavy atom. The van der Waals surface area contributed by atoms with E-state index in [0.717, 1.165) is 26.2 Å². The van der Waals surface area contributed by atoms with Crippen LogP contribution in [0.1, 0.15) is 39.5 Å². The topological polar surface area (TPSA) is 72.2 Å². The number of ether oxygens (including phenoxy) is 1. The molecule has 1 saturated heterocycles. The van der Waals surface area contributed by atoms with Crippen LogP contribution in [0.15, 0.2) is 4.42 Å². The molecule has 2 rings (SSSR count). The molecule has 0 aliphatic carbocycles. The first-order valence-electron chi connectivity index (χ1n) is 6.92.